The number of fused-ring (bicyclic) bond motifs is 1. The van der Waals surface area contributed by atoms with Crippen LogP contribution in [0, 0.1) is 13.8 Å². The van der Waals surface area contributed by atoms with Gasteiger partial charge >= 0.3 is 0 Å². The second-order valence-corrected chi connectivity index (χ2v) is 7.48. The van der Waals surface area contributed by atoms with E-state index >= 15 is 0 Å². The van der Waals surface area contributed by atoms with Gasteiger partial charge in [0.25, 0.3) is 5.56 Å². The summed E-state index contributed by atoms with van der Waals surface area (Å²) in [6, 6.07) is 9.70. The molecule has 0 saturated carbocycles. The van der Waals surface area contributed by atoms with E-state index in [4.69, 9.17) is 11.6 Å². The first-order valence-electron chi connectivity index (χ1n) is 8.74. The third-order valence-corrected chi connectivity index (χ3v) is 5.43. The van der Waals surface area contributed by atoms with E-state index in [0.29, 0.717) is 10.6 Å². The van der Waals surface area contributed by atoms with E-state index in [0.717, 1.165) is 33.9 Å². The van der Waals surface area contributed by atoms with E-state index < -0.39 is 0 Å². The third-order valence-electron chi connectivity index (χ3n) is 5.18. The van der Waals surface area contributed by atoms with Gasteiger partial charge in [0.05, 0.1) is 28.8 Å². The first kappa shape index (κ1) is 17.6. The maximum atomic E-state index is 12.2. The molecule has 0 amide bonds. The molecule has 4 rings (SSSR count). The standard InChI is InChI=1S/C21H21ClN4O/c1-12-10-17(11-24(4)21(12)27)26-14(3)19-18(13(2)23-25(19)5)20(26)15-6-8-16(22)9-7-15/h6-11,20H,3H2,1-2,4-5H3. The molecule has 1 atom stereocenters. The van der Waals surface area contributed by atoms with Crippen molar-refractivity contribution >= 4 is 23.0 Å². The normalized spacial score (nSPS) is 16.1. The van der Waals surface area contributed by atoms with Crippen molar-refractivity contribution in [2.24, 2.45) is 14.1 Å². The van der Waals surface area contributed by atoms with Crippen molar-refractivity contribution in [1.82, 2.24) is 14.3 Å². The van der Waals surface area contributed by atoms with Crippen LogP contribution in [-0.4, -0.2) is 14.3 Å². The molecule has 5 nitrogen and oxygen atoms in total. The summed E-state index contributed by atoms with van der Waals surface area (Å²) in [6.45, 7) is 8.21. The maximum absolute atomic E-state index is 12.2. The predicted molar refractivity (Wildman–Crippen MR) is 109 cm³/mol. The fraction of sp³-hybridized carbons (Fsp3) is 0.238. The Hall–Kier alpha value is -2.79. The first-order chi connectivity index (χ1) is 12.8. The van der Waals surface area contributed by atoms with Gasteiger partial charge in [0.15, 0.2) is 0 Å². The molecule has 0 bridgehead atoms. The average Bonchev–Trinajstić information content (AvgIpc) is 3.08. The quantitative estimate of drug-likeness (QED) is 0.675. The molecule has 0 saturated heterocycles. The van der Waals surface area contributed by atoms with Gasteiger partial charge in [-0.2, -0.15) is 5.10 Å². The largest absolute Gasteiger partial charge is 0.327 e. The van der Waals surface area contributed by atoms with Crippen LogP contribution in [0.2, 0.25) is 5.02 Å². The molecule has 1 aliphatic rings. The molecule has 0 aliphatic carbocycles. The smallest absolute Gasteiger partial charge is 0.253 e. The van der Waals surface area contributed by atoms with Crippen molar-refractivity contribution < 1.29 is 0 Å². The van der Waals surface area contributed by atoms with Crippen molar-refractivity contribution in [3.63, 3.8) is 0 Å². The fourth-order valence-electron chi connectivity index (χ4n) is 4.00. The molecule has 138 valence electrons. The van der Waals surface area contributed by atoms with Crippen LogP contribution in [0.15, 0.2) is 47.9 Å². The Labute approximate surface area is 163 Å². The van der Waals surface area contributed by atoms with Gasteiger partial charge in [-0.3, -0.25) is 9.48 Å². The Morgan fingerprint density at radius 1 is 1.15 bits per heavy atom. The van der Waals surface area contributed by atoms with Gasteiger partial charge in [-0.1, -0.05) is 30.3 Å². The fourth-order valence-corrected chi connectivity index (χ4v) is 4.12. The van der Waals surface area contributed by atoms with E-state index in [1.807, 2.05) is 62.1 Å². The van der Waals surface area contributed by atoms with Gasteiger partial charge in [0, 0.05) is 36.4 Å². The van der Waals surface area contributed by atoms with Crippen molar-refractivity contribution in [2.75, 3.05) is 4.90 Å². The number of rotatable bonds is 2. The second kappa shape index (κ2) is 6.13. The predicted octanol–water partition coefficient (Wildman–Crippen LogP) is 3.97. The highest BCUT2D eigenvalue weighted by atomic mass is 35.5. The highest BCUT2D eigenvalue weighted by Crippen LogP contribution is 2.48. The summed E-state index contributed by atoms with van der Waals surface area (Å²) in [6.07, 6.45) is 1.86. The van der Waals surface area contributed by atoms with E-state index in [1.54, 1.807) is 11.6 Å². The Morgan fingerprint density at radius 2 is 1.81 bits per heavy atom. The number of aromatic nitrogens is 3. The number of aryl methyl sites for hydroxylation is 4. The van der Waals surface area contributed by atoms with Gasteiger partial charge in [0.2, 0.25) is 0 Å². The summed E-state index contributed by atoms with van der Waals surface area (Å²) < 4.78 is 3.50. The van der Waals surface area contributed by atoms with E-state index in [9.17, 15) is 4.79 Å². The minimum Gasteiger partial charge on any atom is -0.327 e. The minimum absolute atomic E-state index is 0.00182. The lowest BCUT2D eigenvalue weighted by atomic mass is 9.99. The first-order valence-corrected chi connectivity index (χ1v) is 9.12. The number of anilines is 1. The number of hydrogen-bond acceptors (Lipinski definition) is 3. The van der Waals surface area contributed by atoms with Crippen molar-refractivity contribution in [3.05, 3.63) is 86.6 Å². The van der Waals surface area contributed by atoms with Crippen LogP contribution in [0.5, 0.6) is 0 Å². The summed E-state index contributed by atoms with van der Waals surface area (Å²) >= 11 is 6.11. The Balaban J connectivity index is 1.97. The summed E-state index contributed by atoms with van der Waals surface area (Å²) in [5, 5.41) is 5.30. The number of nitrogens with zero attached hydrogens (tertiary/aromatic N) is 4. The number of pyridine rings is 1. The number of halogens is 1. The average molecular weight is 381 g/mol. The van der Waals surface area contributed by atoms with Gasteiger partial charge in [0.1, 0.15) is 0 Å². The second-order valence-electron chi connectivity index (χ2n) is 7.04. The van der Waals surface area contributed by atoms with Crippen LogP contribution in [-0.2, 0) is 14.1 Å². The van der Waals surface area contributed by atoms with Crippen LogP contribution >= 0.6 is 11.6 Å². The van der Waals surface area contributed by atoms with Crippen molar-refractivity contribution in [3.8, 4) is 0 Å². The summed E-state index contributed by atoms with van der Waals surface area (Å²) in [7, 11) is 3.71. The van der Waals surface area contributed by atoms with Crippen molar-refractivity contribution in [1.29, 1.82) is 0 Å². The topological polar surface area (TPSA) is 43.1 Å². The number of benzene rings is 1. The molecule has 27 heavy (non-hydrogen) atoms. The molecular formula is C21H21ClN4O. The zero-order chi connectivity index (χ0) is 19.5. The Kier molecular flexibility index (Phi) is 4.00. The minimum atomic E-state index is -0.0737. The van der Waals surface area contributed by atoms with Gasteiger partial charge in [-0.05, 0) is 37.6 Å². The van der Waals surface area contributed by atoms with Gasteiger partial charge in [-0.15, -0.1) is 0 Å². The van der Waals surface area contributed by atoms with Crippen LogP contribution in [0.1, 0.15) is 34.1 Å². The Morgan fingerprint density at radius 3 is 2.44 bits per heavy atom. The molecule has 1 unspecified atom stereocenters. The van der Waals surface area contributed by atoms with Crippen LogP contribution in [0.3, 0.4) is 0 Å². The van der Waals surface area contributed by atoms with Gasteiger partial charge < -0.3 is 9.47 Å². The molecule has 2 aromatic heterocycles. The molecule has 3 aromatic rings. The van der Waals surface area contributed by atoms with Crippen molar-refractivity contribution in [2.45, 2.75) is 19.9 Å². The molecule has 0 N–H and O–H groups in total. The molecular weight excluding hydrogens is 360 g/mol. The maximum Gasteiger partial charge on any atom is 0.253 e. The van der Waals surface area contributed by atoms with Crippen LogP contribution in [0.25, 0.3) is 5.70 Å². The van der Waals surface area contributed by atoms with E-state index in [2.05, 4.69) is 16.6 Å². The molecule has 0 radical (unpaired) electrons. The Bertz CT molecular complexity index is 1100. The lowest BCUT2D eigenvalue weighted by Crippen LogP contribution is -2.26. The van der Waals surface area contributed by atoms with E-state index in [1.165, 1.54) is 0 Å². The molecule has 3 heterocycles. The SMILES string of the molecule is C=C1c2c(c(C)nn2C)C(c2ccc(Cl)cc2)N1c1cc(C)c(=O)n(C)c1. The lowest BCUT2D eigenvalue weighted by molar-refractivity contribution is 0.741. The van der Waals surface area contributed by atoms with Gasteiger partial charge in [-0.25, -0.2) is 0 Å². The lowest BCUT2D eigenvalue weighted by Gasteiger charge is -2.29. The van der Waals surface area contributed by atoms with E-state index in [-0.39, 0.29) is 11.6 Å². The summed E-state index contributed by atoms with van der Waals surface area (Å²) in [5.41, 5.74) is 6.71. The molecule has 1 aromatic carbocycles. The molecule has 0 spiro atoms. The summed E-state index contributed by atoms with van der Waals surface area (Å²) in [4.78, 5) is 14.4. The highest BCUT2D eigenvalue weighted by molar-refractivity contribution is 6.30. The zero-order valence-corrected chi connectivity index (χ0v) is 16.6. The van der Waals surface area contributed by atoms with Crippen LogP contribution in [0.4, 0.5) is 5.69 Å². The molecule has 0 fully saturated rings. The molecule has 6 heteroatoms. The third kappa shape index (κ3) is 2.61. The van der Waals surface area contributed by atoms with Crippen LogP contribution < -0.4 is 10.5 Å². The highest BCUT2D eigenvalue weighted by Gasteiger charge is 2.39. The number of hydrogen-bond donors (Lipinski definition) is 0. The molecule has 1 aliphatic heterocycles. The zero-order valence-electron chi connectivity index (χ0n) is 15.8. The summed E-state index contributed by atoms with van der Waals surface area (Å²) in [5.74, 6) is 0. The monoisotopic (exact) mass is 380 g/mol.